The number of hydrogen-bond donors (Lipinski definition) is 1. The van der Waals surface area contributed by atoms with E-state index >= 15 is 0 Å². The van der Waals surface area contributed by atoms with Crippen molar-refractivity contribution >= 4 is 43.3 Å². The third-order valence-corrected chi connectivity index (χ3v) is 5.20. The first-order chi connectivity index (χ1) is 12.3. The third-order valence-electron chi connectivity index (χ3n) is 4.09. The summed E-state index contributed by atoms with van der Waals surface area (Å²) >= 11 is 0. The van der Waals surface area contributed by atoms with Gasteiger partial charge in [-0.25, -0.2) is 23.2 Å². The van der Waals surface area contributed by atoms with Crippen molar-refractivity contribution in [2.75, 3.05) is 11.6 Å². The van der Waals surface area contributed by atoms with Crippen molar-refractivity contribution in [2.24, 2.45) is 7.05 Å². The van der Waals surface area contributed by atoms with E-state index in [4.69, 9.17) is 4.42 Å². The second-order valence-corrected chi connectivity index (χ2v) is 7.92. The van der Waals surface area contributed by atoms with Crippen molar-refractivity contribution in [2.45, 2.75) is 4.90 Å². The van der Waals surface area contributed by atoms with Gasteiger partial charge in [0.2, 0.25) is 0 Å². The molecule has 2 aromatic heterocycles. The second kappa shape index (κ2) is 5.67. The summed E-state index contributed by atoms with van der Waals surface area (Å²) in [5.74, 6) is 0.0144. The van der Waals surface area contributed by atoms with E-state index in [2.05, 4.69) is 15.3 Å². The Hall–Kier alpha value is -3.20. The lowest BCUT2D eigenvalue weighted by atomic mass is 10.2. The lowest BCUT2D eigenvalue weighted by Crippen LogP contribution is -2.08. The summed E-state index contributed by atoms with van der Waals surface area (Å²) in [4.78, 5) is 20.2. The summed E-state index contributed by atoms with van der Waals surface area (Å²) in [6, 6.07) is 9.91. The number of aryl methyl sites for hydroxylation is 1. The Kier molecular flexibility index (Phi) is 3.55. The zero-order valence-corrected chi connectivity index (χ0v) is 14.7. The number of rotatable bonds is 3. The van der Waals surface area contributed by atoms with Gasteiger partial charge < -0.3 is 9.73 Å². The van der Waals surface area contributed by atoms with Crippen LogP contribution in [0.15, 0.2) is 56.8 Å². The molecule has 0 unspecified atom stereocenters. The Labute approximate surface area is 148 Å². The summed E-state index contributed by atoms with van der Waals surface area (Å²) in [6.07, 6.45) is 2.54. The van der Waals surface area contributed by atoms with Crippen LogP contribution in [0.2, 0.25) is 0 Å². The number of fused-ring (bicyclic) bond motifs is 2. The van der Waals surface area contributed by atoms with Gasteiger partial charge in [0.25, 0.3) is 0 Å². The van der Waals surface area contributed by atoms with Gasteiger partial charge in [-0.3, -0.25) is 4.57 Å². The molecule has 9 heteroatoms. The third kappa shape index (κ3) is 2.72. The van der Waals surface area contributed by atoms with Crippen molar-refractivity contribution in [3.8, 4) is 0 Å². The van der Waals surface area contributed by atoms with Crippen LogP contribution in [-0.2, 0) is 16.9 Å². The highest BCUT2D eigenvalue weighted by molar-refractivity contribution is 7.90. The van der Waals surface area contributed by atoms with Gasteiger partial charge in [-0.05, 0) is 30.3 Å². The van der Waals surface area contributed by atoms with Crippen molar-refractivity contribution in [1.82, 2.24) is 14.5 Å². The number of benzene rings is 2. The molecule has 4 rings (SSSR count). The van der Waals surface area contributed by atoms with Gasteiger partial charge in [-0.15, -0.1) is 0 Å². The fourth-order valence-corrected chi connectivity index (χ4v) is 3.36. The fourth-order valence-electron chi connectivity index (χ4n) is 2.71. The molecule has 0 saturated carbocycles. The maximum Gasteiger partial charge on any atom is 0.419 e. The van der Waals surface area contributed by atoms with Gasteiger partial charge >= 0.3 is 5.76 Å². The predicted octanol–water partition coefficient (Wildman–Crippen LogP) is 2.22. The Morgan fingerprint density at radius 1 is 1.12 bits per heavy atom. The zero-order chi connectivity index (χ0) is 18.5. The van der Waals surface area contributed by atoms with Crippen LogP contribution in [0, 0.1) is 0 Å². The smallest absolute Gasteiger partial charge is 0.408 e. The highest BCUT2D eigenvalue weighted by Crippen LogP contribution is 2.27. The van der Waals surface area contributed by atoms with E-state index in [1.165, 1.54) is 23.0 Å². The number of aromatic nitrogens is 3. The average Bonchev–Trinajstić information content (AvgIpc) is 2.88. The van der Waals surface area contributed by atoms with E-state index in [1.54, 1.807) is 31.3 Å². The lowest BCUT2D eigenvalue weighted by molar-refractivity contribution is 0.528. The molecule has 8 nitrogen and oxygen atoms in total. The maximum absolute atomic E-state index is 11.8. The minimum atomic E-state index is -3.35. The van der Waals surface area contributed by atoms with Crippen LogP contribution in [0.5, 0.6) is 0 Å². The second-order valence-electron chi connectivity index (χ2n) is 5.91. The molecule has 4 aromatic rings. The molecule has 0 fully saturated rings. The Balaban J connectivity index is 1.83. The van der Waals surface area contributed by atoms with Crippen LogP contribution >= 0.6 is 0 Å². The monoisotopic (exact) mass is 370 g/mol. The van der Waals surface area contributed by atoms with Gasteiger partial charge in [-0.1, -0.05) is 0 Å². The lowest BCUT2D eigenvalue weighted by Gasteiger charge is -2.09. The van der Waals surface area contributed by atoms with Crippen LogP contribution in [0.25, 0.3) is 22.0 Å². The van der Waals surface area contributed by atoms with Gasteiger partial charge in [0.05, 0.1) is 15.9 Å². The van der Waals surface area contributed by atoms with Crippen LogP contribution in [0.4, 0.5) is 11.5 Å². The first-order valence-electron chi connectivity index (χ1n) is 7.64. The molecule has 0 radical (unpaired) electrons. The molecule has 2 heterocycles. The maximum atomic E-state index is 11.8. The van der Waals surface area contributed by atoms with Crippen molar-refractivity contribution in [3.05, 3.63) is 53.3 Å². The number of nitrogens with zero attached hydrogens (tertiary/aromatic N) is 3. The van der Waals surface area contributed by atoms with E-state index in [0.717, 1.165) is 6.26 Å². The molecule has 132 valence electrons. The number of hydrogen-bond acceptors (Lipinski definition) is 7. The van der Waals surface area contributed by atoms with Crippen LogP contribution in [0.3, 0.4) is 0 Å². The predicted molar refractivity (Wildman–Crippen MR) is 97.4 cm³/mol. The Morgan fingerprint density at radius 2 is 1.92 bits per heavy atom. The van der Waals surface area contributed by atoms with Crippen molar-refractivity contribution in [1.29, 1.82) is 0 Å². The molecule has 0 aliphatic heterocycles. The summed E-state index contributed by atoms with van der Waals surface area (Å²) in [5, 5.41) is 3.70. The first kappa shape index (κ1) is 16.3. The van der Waals surface area contributed by atoms with Gasteiger partial charge in [0.1, 0.15) is 12.1 Å². The number of anilines is 2. The van der Waals surface area contributed by atoms with Gasteiger partial charge in [0, 0.05) is 30.4 Å². The number of nitrogens with one attached hydrogen (secondary N) is 1. The first-order valence-corrected chi connectivity index (χ1v) is 9.53. The van der Waals surface area contributed by atoms with E-state index in [-0.39, 0.29) is 4.90 Å². The van der Waals surface area contributed by atoms with Crippen LogP contribution < -0.4 is 11.1 Å². The number of oxazole rings is 1. The SMILES string of the molecule is Cn1c(=O)oc2cc(Nc3ncnc4ccc(S(C)(=O)=O)cc34)ccc21. The van der Waals surface area contributed by atoms with Gasteiger partial charge in [0.15, 0.2) is 15.4 Å². The summed E-state index contributed by atoms with van der Waals surface area (Å²) in [7, 11) is -1.72. The molecular formula is C17H14N4O4S. The largest absolute Gasteiger partial charge is 0.419 e. The van der Waals surface area contributed by atoms with E-state index < -0.39 is 15.6 Å². The standard InChI is InChI=1S/C17H14N4O4S/c1-21-14-6-3-10(7-15(14)25-17(21)22)20-16-12-8-11(26(2,23)24)4-5-13(12)18-9-19-16/h3-9H,1-2H3,(H,18,19,20). The summed E-state index contributed by atoms with van der Waals surface area (Å²) < 4.78 is 30.2. The average molecular weight is 370 g/mol. The van der Waals surface area contributed by atoms with Gasteiger partial charge in [-0.2, -0.15) is 0 Å². The van der Waals surface area contributed by atoms with Crippen molar-refractivity contribution < 1.29 is 12.8 Å². The topological polar surface area (TPSA) is 107 Å². The minimum Gasteiger partial charge on any atom is -0.408 e. The molecule has 1 N–H and O–H groups in total. The van der Waals surface area contributed by atoms with E-state index in [9.17, 15) is 13.2 Å². The quantitative estimate of drug-likeness (QED) is 0.589. The molecular weight excluding hydrogens is 356 g/mol. The molecule has 0 aliphatic rings. The minimum absolute atomic E-state index is 0.187. The highest BCUT2D eigenvalue weighted by Gasteiger charge is 2.12. The highest BCUT2D eigenvalue weighted by atomic mass is 32.2. The zero-order valence-electron chi connectivity index (χ0n) is 13.9. The Morgan fingerprint density at radius 3 is 2.69 bits per heavy atom. The normalized spacial score (nSPS) is 11.9. The van der Waals surface area contributed by atoms with Crippen molar-refractivity contribution in [3.63, 3.8) is 0 Å². The molecule has 0 amide bonds. The molecule has 0 spiro atoms. The molecule has 0 bridgehead atoms. The Bertz CT molecular complexity index is 1320. The fraction of sp³-hybridized carbons (Fsp3) is 0.118. The molecule has 0 aliphatic carbocycles. The molecule has 0 atom stereocenters. The molecule has 0 saturated heterocycles. The molecule has 26 heavy (non-hydrogen) atoms. The molecule has 2 aromatic carbocycles. The van der Waals surface area contributed by atoms with E-state index in [1.807, 2.05) is 0 Å². The van der Waals surface area contributed by atoms with E-state index in [0.29, 0.717) is 33.5 Å². The number of sulfone groups is 1. The van der Waals surface area contributed by atoms with Crippen LogP contribution in [-0.4, -0.2) is 29.2 Å². The summed E-state index contributed by atoms with van der Waals surface area (Å²) in [5.41, 5.74) is 2.38. The van der Waals surface area contributed by atoms with Crippen LogP contribution in [0.1, 0.15) is 0 Å². The summed E-state index contributed by atoms with van der Waals surface area (Å²) in [6.45, 7) is 0.